The Morgan fingerprint density at radius 3 is 2.86 bits per heavy atom. The van der Waals surface area contributed by atoms with Gasteiger partial charge in [0.2, 0.25) is 0 Å². The third-order valence-electron chi connectivity index (χ3n) is 5.30. The van der Waals surface area contributed by atoms with Gasteiger partial charge in [0.15, 0.2) is 11.5 Å². The lowest BCUT2D eigenvalue weighted by molar-refractivity contribution is 0.171. The maximum Gasteiger partial charge on any atom is 0.162 e. The van der Waals surface area contributed by atoms with Gasteiger partial charge in [-0.2, -0.15) is 0 Å². The molecule has 0 unspecified atom stereocenters. The van der Waals surface area contributed by atoms with Gasteiger partial charge in [-0.3, -0.25) is 4.90 Å². The molecule has 0 aliphatic carbocycles. The molecule has 6 nitrogen and oxygen atoms in total. The smallest absolute Gasteiger partial charge is 0.162 e. The minimum Gasteiger partial charge on any atom is -0.486 e. The predicted molar refractivity (Wildman–Crippen MR) is 112 cm³/mol. The van der Waals surface area contributed by atoms with Crippen LogP contribution in [0.15, 0.2) is 41.0 Å². The molecule has 5 rings (SSSR count). The van der Waals surface area contributed by atoms with E-state index in [1.165, 1.54) is 12.1 Å². The van der Waals surface area contributed by atoms with Crippen LogP contribution in [0.5, 0.6) is 11.5 Å². The van der Waals surface area contributed by atoms with Crippen LogP contribution >= 0.6 is 15.9 Å². The largest absolute Gasteiger partial charge is 0.486 e. The average molecular weight is 443 g/mol. The van der Waals surface area contributed by atoms with Gasteiger partial charge in [0, 0.05) is 35.9 Å². The molecule has 0 amide bonds. The molecule has 0 bridgehead atoms. The van der Waals surface area contributed by atoms with E-state index in [9.17, 15) is 0 Å². The third kappa shape index (κ3) is 3.50. The summed E-state index contributed by atoms with van der Waals surface area (Å²) in [6.07, 6.45) is 3.27. The molecule has 3 aromatic rings. The number of imidazole rings is 1. The highest BCUT2D eigenvalue weighted by atomic mass is 79.9. The number of fused-ring (bicyclic) bond motifs is 2. The Hall–Kier alpha value is -2.09. The van der Waals surface area contributed by atoms with Crippen molar-refractivity contribution >= 4 is 21.6 Å². The van der Waals surface area contributed by atoms with Gasteiger partial charge in [-0.15, -0.1) is 0 Å². The fraction of sp³-hybridized carbons (Fsp3) is 0.381. The first-order valence-electron chi connectivity index (χ1n) is 9.77. The Morgan fingerprint density at radius 1 is 1.04 bits per heavy atom. The summed E-state index contributed by atoms with van der Waals surface area (Å²) in [4.78, 5) is 7.47. The number of aromatic nitrogens is 2. The third-order valence-corrected chi connectivity index (χ3v) is 5.77. The van der Waals surface area contributed by atoms with E-state index in [4.69, 9.17) is 14.5 Å². The highest BCUT2D eigenvalue weighted by Gasteiger charge is 2.20. The Kier molecular flexibility index (Phi) is 4.96. The molecule has 146 valence electrons. The molecule has 0 saturated carbocycles. The first kappa shape index (κ1) is 18.0. The van der Waals surface area contributed by atoms with Crippen molar-refractivity contribution in [3.8, 4) is 22.8 Å². The van der Waals surface area contributed by atoms with E-state index in [0.29, 0.717) is 13.2 Å². The highest BCUT2D eigenvalue weighted by Crippen LogP contribution is 2.36. The summed E-state index contributed by atoms with van der Waals surface area (Å²) in [5, 5.41) is 3.48. The summed E-state index contributed by atoms with van der Waals surface area (Å²) in [6, 6.07) is 10.2. The van der Waals surface area contributed by atoms with Crippen molar-refractivity contribution in [2.75, 3.05) is 39.4 Å². The molecule has 28 heavy (non-hydrogen) atoms. The summed E-state index contributed by atoms with van der Waals surface area (Å²) in [6.45, 7) is 6.30. The van der Waals surface area contributed by atoms with Crippen LogP contribution in [0.3, 0.4) is 0 Å². The Balaban J connectivity index is 1.59. The van der Waals surface area contributed by atoms with E-state index in [1.807, 2.05) is 12.1 Å². The topological polar surface area (TPSA) is 51.0 Å². The summed E-state index contributed by atoms with van der Waals surface area (Å²) >= 11 is 3.61. The molecule has 1 N–H and O–H groups in total. The summed E-state index contributed by atoms with van der Waals surface area (Å²) < 4.78 is 14.7. The molecular formula is C21H23BrN4O2. The van der Waals surface area contributed by atoms with Gasteiger partial charge in [0.05, 0.1) is 11.4 Å². The number of rotatable bonds is 3. The minimum absolute atomic E-state index is 0.586. The predicted octanol–water partition coefficient (Wildman–Crippen LogP) is 3.33. The van der Waals surface area contributed by atoms with Crippen molar-refractivity contribution in [2.45, 2.75) is 13.0 Å². The zero-order valence-corrected chi connectivity index (χ0v) is 17.2. The number of halogens is 1. The van der Waals surface area contributed by atoms with Crippen molar-refractivity contribution in [1.29, 1.82) is 0 Å². The lowest BCUT2D eigenvalue weighted by Gasteiger charge is -2.21. The van der Waals surface area contributed by atoms with Crippen LogP contribution in [0.25, 0.3) is 16.9 Å². The molecule has 2 aliphatic heterocycles. The van der Waals surface area contributed by atoms with Crippen molar-refractivity contribution in [3.05, 3.63) is 46.7 Å². The van der Waals surface area contributed by atoms with Crippen LogP contribution in [0.2, 0.25) is 0 Å². The van der Waals surface area contributed by atoms with Gasteiger partial charge >= 0.3 is 0 Å². The number of pyridine rings is 1. The molecule has 0 atom stereocenters. The van der Waals surface area contributed by atoms with Gasteiger partial charge < -0.3 is 19.2 Å². The minimum atomic E-state index is 0.586. The van der Waals surface area contributed by atoms with Gasteiger partial charge in [0.25, 0.3) is 0 Å². The second kappa shape index (κ2) is 7.73. The maximum atomic E-state index is 5.80. The standard InChI is InChI=1S/C21H23BrN4O2/c22-16-3-5-20-24-21(15-2-4-18-19(12-15)28-11-10-27-18)17(26(20)13-16)14-25-8-1-6-23-7-9-25/h2-5,12-13,23H,1,6-11,14H2. The van der Waals surface area contributed by atoms with Crippen LogP contribution in [0.1, 0.15) is 12.1 Å². The van der Waals surface area contributed by atoms with E-state index in [2.05, 4.69) is 54.9 Å². The number of nitrogens with zero attached hydrogens (tertiary/aromatic N) is 3. The van der Waals surface area contributed by atoms with E-state index < -0.39 is 0 Å². The van der Waals surface area contributed by atoms with E-state index in [-0.39, 0.29) is 0 Å². The SMILES string of the molecule is Brc1ccc2nc(-c3ccc4c(c3)OCCO4)c(CN3CCCNCC3)n2c1. The van der Waals surface area contributed by atoms with E-state index in [0.717, 1.165) is 65.6 Å². The fourth-order valence-corrected chi connectivity index (χ4v) is 4.25. The summed E-state index contributed by atoms with van der Waals surface area (Å²) in [5.74, 6) is 1.61. The number of ether oxygens (including phenoxy) is 2. The maximum absolute atomic E-state index is 5.80. The first-order valence-corrected chi connectivity index (χ1v) is 10.6. The average Bonchev–Trinajstić information content (AvgIpc) is 2.89. The van der Waals surface area contributed by atoms with E-state index in [1.54, 1.807) is 0 Å². The van der Waals surface area contributed by atoms with Gasteiger partial charge in [-0.05, 0) is 65.8 Å². The lowest BCUT2D eigenvalue weighted by Crippen LogP contribution is -2.28. The second-order valence-corrected chi connectivity index (χ2v) is 8.14. The molecule has 0 spiro atoms. The Bertz CT molecular complexity index is 995. The Morgan fingerprint density at radius 2 is 1.93 bits per heavy atom. The van der Waals surface area contributed by atoms with Gasteiger partial charge in [0.1, 0.15) is 18.9 Å². The monoisotopic (exact) mass is 442 g/mol. The van der Waals surface area contributed by atoms with Crippen LogP contribution in [0, 0.1) is 0 Å². The van der Waals surface area contributed by atoms with Crippen molar-refractivity contribution in [2.24, 2.45) is 0 Å². The molecule has 2 aromatic heterocycles. The summed E-state index contributed by atoms with van der Waals surface area (Å²) in [7, 11) is 0. The van der Waals surface area contributed by atoms with Crippen LogP contribution in [-0.4, -0.2) is 53.7 Å². The first-order chi connectivity index (χ1) is 13.8. The number of hydrogen-bond acceptors (Lipinski definition) is 5. The van der Waals surface area contributed by atoms with Crippen LogP contribution in [0.4, 0.5) is 0 Å². The Labute approximate surface area is 172 Å². The number of nitrogens with one attached hydrogen (secondary N) is 1. The molecule has 2 aliphatic rings. The van der Waals surface area contributed by atoms with Crippen LogP contribution < -0.4 is 14.8 Å². The molecule has 1 fully saturated rings. The van der Waals surface area contributed by atoms with Crippen LogP contribution in [-0.2, 0) is 6.54 Å². The van der Waals surface area contributed by atoms with Gasteiger partial charge in [-0.1, -0.05) is 0 Å². The zero-order chi connectivity index (χ0) is 18.9. The fourth-order valence-electron chi connectivity index (χ4n) is 3.91. The number of benzene rings is 1. The van der Waals surface area contributed by atoms with Crippen molar-refractivity contribution in [1.82, 2.24) is 19.6 Å². The van der Waals surface area contributed by atoms with E-state index >= 15 is 0 Å². The number of hydrogen-bond donors (Lipinski definition) is 1. The highest BCUT2D eigenvalue weighted by molar-refractivity contribution is 9.10. The quantitative estimate of drug-likeness (QED) is 0.673. The molecule has 0 radical (unpaired) electrons. The van der Waals surface area contributed by atoms with Crippen molar-refractivity contribution in [3.63, 3.8) is 0 Å². The van der Waals surface area contributed by atoms with Crippen molar-refractivity contribution < 1.29 is 9.47 Å². The second-order valence-electron chi connectivity index (χ2n) is 7.22. The lowest BCUT2D eigenvalue weighted by atomic mass is 10.1. The molecule has 1 aromatic carbocycles. The van der Waals surface area contributed by atoms with Gasteiger partial charge in [-0.25, -0.2) is 4.98 Å². The molecule has 4 heterocycles. The molecule has 7 heteroatoms. The summed E-state index contributed by atoms with van der Waals surface area (Å²) in [5.41, 5.74) is 4.23. The normalized spacial score (nSPS) is 17.6. The molecular weight excluding hydrogens is 420 g/mol. The zero-order valence-electron chi connectivity index (χ0n) is 15.7. The molecule has 1 saturated heterocycles.